The van der Waals surface area contributed by atoms with E-state index in [1.807, 2.05) is 24.3 Å². The van der Waals surface area contributed by atoms with Crippen LogP contribution in [0.1, 0.15) is 16.9 Å². The minimum absolute atomic E-state index is 0.0801. The topological polar surface area (TPSA) is 54.5 Å². The number of carbonyl (C=O) groups excluding carboxylic acids is 1. The van der Waals surface area contributed by atoms with Crippen LogP contribution in [0.15, 0.2) is 30.5 Å². The fraction of sp³-hybridized carbons (Fsp3) is 0.412. The molecule has 5 nitrogen and oxygen atoms in total. The summed E-state index contributed by atoms with van der Waals surface area (Å²) in [5, 5.41) is 5.12. The van der Waals surface area contributed by atoms with Crippen molar-refractivity contribution >= 4 is 16.7 Å². The SMILES string of the molecule is COc1ccc2cnc(C(=O)NC3CN4CCC3C4)cc2c1. The number of nitrogens with one attached hydrogen (secondary N) is 1. The number of pyridine rings is 1. The number of hydrogen-bond acceptors (Lipinski definition) is 4. The van der Waals surface area contributed by atoms with Gasteiger partial charge in [0.05, 0.1) is 7.11 Å². The molecular weight excluding hydrogens is 278 g/mol. The molecule has 1 N–H and O–H groups in total. The summed E-state index contributed by atoms with van der Waals surface area (Å²) in [6.07, 6.45) is 2.93. The van der Waals surface area contributed by atoms with E-state index in [1.54, 1.807) is 13.3 Å². The van der Waals surface area contributed by atoms with Gasteiger partial charge in [0.25, 0.3) is 5.91 Å². The Kier molecular flexibility index (Phi) is 3.22. The monoisotopic (exact) mass is 297 g/mol. The van der Waals surface area contributed by atoms with Gasteiger partial charge in [0, 0.05) is 30.7 Å². The number of amides is 1. The number of ether oxygens (including phenoxy) is 1. The lowest BCUT2D eigenvalue weighted by Crippen LogP contribution is -2.43. The highest BCUT2D eigenvalue weighted by Crippen LogP contribution is 2.28. The second kappa shape index (κ2) is 5.25. The Morgan fingerprint density at radius 1 is 1.32 bits per heavy atom. The van der Waals surface area contributed by atoms with Crippen LogP contribution in [0.2, 0.25) is 0 Å². The van der Waals surface area contributed by atoms with E-state index < -0.39 is 0 Å². The molecule has 2 saturated heterocycles. The standard InChI is InChI=1S/C17H19N3O2/c1-22-14-3-2-11-8-18-15(7-13(11)6-14)17(21)19-16-10-20-5-4-12(16)9-20/h2-3,6-8,12,16H,4-5,9-10H2,1H3,(H,19,21). The van der Waals surface area contributed by atoms with Crippen LogP contribution in [-0.4, -0.2) is 48.6 Å². The molecule has 1 amide bonds. The molecule has 2 fully saturated rings. The van der Waals surface area contributed by atoms with E-state index in [9.17, 15) is 4.79 Å². The molecule has 3 unspecified atom stereocenters. The van der Waals surface area contributed by atoms with Crippen molar-refractivity contribution in [1.29, 1.82) is 0 Å². The summed E-state index contributed by atoms with van der Waals surface area (Å²) in [6.45, 7) is 3.26. The Labute approximate surface area is 129 Å². The van der Waals surface area contributed by atoms with Gasteiger partial charge >= 0.3 is 0 Å². The van der Waals surface area contributed by atoms with E-state index in [0.717, 1.165) is 29.6 Å². The first-order valence-electron chi connectivity index (χ1n) is 7.70. The van der Waals surface area contributed by atoms with Crippen LogP contribution in [0.25, 0.3) is 10.8 Å². The average molecular weight is 297 g/mol. The number of nitrogens with zero attached hydrogens (tertiary/aromatic N) is 2. The summed E-state index contributed by atoms with van der Waals surface area (Å²) < 4.78 is 5.24. The van der Waals surface area contributed by atoms with Crippen molar-refractivity contribution in [3.63, 3.8) is 0 Å². The van der Waals surface area contributed by atoms with E-state index in [2.05, 4.69) is 15.2 Å². The van der Waals surface area contributed by atoms with Gasteiger partial charge in [-0.25, -0.2) is 0 Å². The second-order valence-electron chi connectivity index (χ2n) is 6.17. The first-order valence-corrected chi connectivity index (χ1v) is 7.70. The zero-order valence-corrected chi connectivity index (χ0v) is 12.6. The van der Waals surface area contributed by atoms with Crippen LogP contribution in [0.5, 0.6) is 5.75 Å². The van der Waals surface area contributed by atoms with Gasteiger partial charge in [-0.1, -0.05) is 0 Å². The summed E-state index contributed by atoms with van der Waals surface area (Å²) in [4.78, 5) is 19.2. The summed E-state index contributed by atoms with van der Waals surface area (Å²) >= 11 is 0. The molecule has 5 heteroatoms. The highest BCUT2D eigenvalue weighted by atomic mass is 16.5. The second-order valence-corrected chi connectivity index (χ2v) is 6.17. The number of methoxy groups -OCH3 is 1. The third-order valence-corrected chi connectivity index (χ3v) is 4.81. The third kappa shape index (κ3) is 2.31. The number of carbonyl (C=O) groups is 1. The minimum atomic E-state index is -0.0801. The maximum absolute atomic E-state index is 12.5. The maximum atomic E-state index is 12.5. The fourth-order valence-electron chi connectivity index (χ4n) is 3.56. The van der Waals surface area contributed by atoms with Crippen LogP contribution in [0, 0.1) is 5.92 Å². The fourth-order valence-corrected chi connectivity index (χ4v) is 3.56. The lowest BCUT2D eigenvalue weighted by molar-refractivity contribution is 0.0919. The number of rotatable bonds is 3. The third-order valence-electron chi connectivity index (χ3n) is 4.81. The Bertz CT molecular complexity index is 731. The predicted molar refractivity (Wildman–Crippen MR) is 84.1 cm³/mol. The number of piperidine rings is 1. The molecule has 2 aromatic rings. The summed E-state index contributed by atoms with van der Waals surface area (Å²) in [6, 6.07) is 7.88. The Hall–Kier alpha value is -2.14. The van der Waals surface area contributed by atoms with E-state index in [1.165, 1.54) is 13.0 Å². The lowest BCUT2D eigenvalue weighted by atomic mass is 10.00. The molecule has 22 heavy (non-hydrogen) atoms. The number of hydrogen-bond donors (Lipinski definition) is 1. The van der Waals surface area contributed by atoms with Crippen molar-refractivity contribution in [2.24, 2.45) is 5.92 Å². The van der Waals surface area contributed by atoms with E-state index >= 15 is 0 Å². The Morgan fingerprint density at radius 3 is 2.95 bits per heavy atom. The van der Waals surface area contributed by atoms with Gasteiger partial charge < -0.3 is 15.0 Å². The molecule has 2 aliphatic rings. The maximum Gasteiger partial charge on any atom is 0.270 e. The molecule has 3 heterocycles. The molecule has 2 aliphatic heterocycles. The number of fused-ring (bicyclic) bond motifs is 3. The largest absolute Gasteiger partial charge is 0.497 e. The molecule has 0 radical (unpaired) electrons. The predicted octanol–water partition coefficient (Wildman–Crippen LogP) is 1.68. The first-order chi connectivity index (χ1) is 10.7. The van der Waals surface area contributed by atoms with Gasteiger partial charge in [-0.2, -0.15) is 0 Å². The van der Waals surface area contributed by atoms with Gasteiger partial charge in [-0.05, 0) is 48.5 Å². The Morgan fingerprint density at radius 2 is 2.23 bits per heavy atom. The number of aromatic nitrogens is 1. The van der Waals surface area contributed by atoms with Crippen LogP contribution in [-0.2, 0) is 0 Å². The highest BCUT2D eigenvalue weighted by molar-refractivity contribution is 5.96. The zero-order chi connectivity index (χ0) is 15.1. The van der Waals surface area contributed by atoms with Crippen LogP contribution in [0.3, 0.4) is 0 Å². The molecule has 1 aromatic heterocycles. The zero-order valence-electron chi connectivity index (χ0n) is 12.6. The van der Waals surface area contributed by atoms with E-state index in [-0.39, 0.29) is 11.9 Å². The minimum Gasteiger partial charge on any atom is -0.497 e. The molecule has 0 saturated carbocycles. The average Bonchev–Trinajstić information content (AvgIpc) is 3.16. The first kappa shape index (κ1) is 13.5. The smallest absolute Gasteiger partial charge is 0.270 e. The molecule has 1 aromatic carbocycles. The van der Waals surface area contributed by atoms with Gasteiger partial charge in [0.1, 0.15) is 11.4 Å². The quantitative estimate of drug-likeness (QED) is 0.936. The molecule has 4 rings (SSSR count). The van der Waals surface area contributed by atoms with Crippen LogP contribution in [0.4, 0.5) is 0 Å². The van der Waals surface area contributed by atoms with Gasteiger partial charge in [-0.15, -0.1) is 0 Å². The molecule has 0 aliphatic carbocycles. The normalized spacial score (nSPS) is 26.3. The van der Waals surface area contributed by atoms with Crippen molar-refractivity contribution in [2.45, 2.75) is 12.5 Å². The van der Waals surface area contributed by atoms with Crippen LogP contribution >= 0.6 is 0 Å². The molecular formula is C17H19N3O2. The van der Waals surface area contributed by atoms with Crippen molar-refractivity contribution in [3.8, 4) is 5.75 Å². The van der Waals surface area contributed by atoms with Crippen molar-refractivity contribution < 1.29 is 9.53 Å². The Balaban J connectivity index is 1.56. The van der Waals surface area contributed by atoms with Gasteiger partial charge in [0.2, 0.25) is 0 Å². The summed E-state index contributed by atoms with van der Waals surface area (Å²) in [5.41, 5.74) is 0.471. The molecule has 114 valence electrons. The van der Waals surface area contributed by atoms with Gasteiger partial charge in [0.15, 0.2) is 0 Å². The number of benzene rings is 1. The van der Waals surface area contributed by atoms with Crippen molar-refractivity contribution in [2.75, 3.05) is 26.7 Å². The van der Waals surface area contributed by atoms with Crippen molar-refractivity contribution in [3.05, 3.63) is 36.2 Å². The van der Waals surface area contributed by atoms with E-state index in [4.69, 9.17) is 4.74 Å². The van der Waals surface area contributed by atoms with Gasteiger partial charge in [-0.3, -0.25) is 9.78 Å². The lowest BCUT2D eigenvalue weighted by Gasteiger charge is -2.22. The summed E-state index contributed by atoms with van der Waals surface area (Å²) in [5.74, 6) is 1.30. The molecule has 2 bridgehead atoms. The van der Waals surface area contributed by atoms with E-state index in [0.29, 0.717) is 11.6 Å². The molecule has 3 atom stereocenters. The van der Waals surface area contributed by atoms with Crippen molar-refractivity contribution in [1.82, 2.24) is 15.2 Å². The molecule has 0 spiro atoms. The van der Waals surface area contributed by atoms with Crippen LogP contribution < -0.4 is 10.1 Å². The highest BCUT2D eigenvalue weighted by Gasteiger charge is 2.38. The summed E-state index contributed by atoms with van der Waals surface area (Å²) in [7, 11) is 1.64.